The Morgan fingerprint density at radius 3 is 2.94 bits per heavy atom. The first-order valence-corrected chi connectivity index (χ1v) is 7.45. The van der Waals surface area contributed by atoms with Gasteiger partial charge in [0.2, 0.25) is 11.1 Å². The van der Waals surface area contributed by atoms with Crippen molar-refractivity contribution < 1.29 is 4.79 Å². The second-order valence-corrected chi connectivity index (χ2v) is 5.87. The van der Waals surface area contributed by atoms with E-state index in [0.29, 0.717) is 22.9 Å². The van der Waals surface area contributed by atoms with Crippen LogP contribution in [-0.4, -0.2) is 32.9 Å². The Morgan fingerprint density at radius 1 is 1.50 bits per heavy atom. The number of hydrogen-bond donors (Lipinski definition) is 2. The van der Waals surface area contributed by atoms with E-state index in [-0.39, 0.29) is 5.91 Å². The van der Waals surface area contributed by atoms with E-state index >= 15 is 0 Å². The van der Waals surface area contributed by atoms with Crippen molar-refractivity contribution in [1.82, 2.24) is 20.5 Å². The van der Waals surface area contributed by atoms with Gasteiger partial charge in [0.1, 0.15) is 5.82 Å². The third-order valence-electron chi connectivity index (χ3n) is 3.37. The highest BCUT2D eigenvalue weighted by molar-refractivity contribution is 7.99. The summed E-state index contributed by atoms with van der Waals surface area (Å²) in [4.78, 5) is 16.0. The Labute approximate surface area is 112 Å². The molecule has 1 aliphatic rings. The molecule has 2 atom stereocenters. The lowest BCUT2D eigenvalue weighted by Gasteiger charge is -2.29. The zero-order valence-corrected chi connectivity index (χ0v) is 11.7. The van der Waals surface area contributed by atoms with E-state index in [1.54, 1.807) is 0 Å². The molecule has 0 radical (unpaired) electrons. The summed E-state index contributed by atoms with van der Waals surface area (Å²) in [6.45, 7) is 4.07. The summed E-state index contributed by atoms with van der Waals surface area (Å²) in [6.07, 6.45) is 4.84. The highest BCUT2D eigenvalue weighted by atomic mass is 32.2. The predicted molar refractivity (Wildman–Crippen MR) is 71.4 cm³/mol. The Balaban J connectivity index is 1.74. The van der Waals surface area contributed by atoms with Gasteiger partial charge in [-0.2, -0.15) is 0 Å². The van der Waals surface area contributed by atoms with Crippen LogP contribution in [0.5, 0.6) is 0 Å². The molecule has 2 rings (SSSR count). The Morgan fingerprint density at radius 2 is 2.28 bits per heavy atom. The van der Waals surface area contributed by atoms with Crippen molar-refractivity contribution in [3.05, 3.63) is 5.82 Å². The van der Waals surface area contributed by atoms with E-state index in [9.17, 15) is 4.79 Å². The topological polar surface area (TPSA) is 70.7 Å². The van der Waals surface area contributed by atoms with Crippen molar-refractivity contribution >= 4 is 17.7 Å². The molecule has 6 heteroatoms. The van der Waals surface area contributed by atoms with Gasteiger partial charge in [-0.25, -0.2) is 4.98 Å². The maximum atomic E-state index is 11.8. The van der Waals surface area contributed by atoms with Crippen LogP contribution in [0.1, 0.15) is 38.4 Å². The summed E-state index contributed by atoms with van der Waals surface area (Å²) >= 11 is 1.37. The van der Waals surface area contributed by atoms with Gasteiger partial charge in [-0.05, 0) is 25.7 Å². The number of carbonyl (C=O) groups excluding carboxylic acids is 1. The van der Waals surface area contributed by atoms with Crippen LogP contribution >= 0.6 is 11.8 Å². The second-order valence-electron chi connectivity index (χ2n) is 4.93. The van der Waals surface area contributed by atoms with E-state index in [1.165, 1.54) is 31.0 Å². The van der Waals surface area contributed by atoms with Gasteiger partial charge in [0.15, 0.2) is 0 Å². The minimum absolute atomic E-state index is 0.0844. The summed E-state index contributed by atoms with van der Waals surface area (Å²) in [5, 5.41) is 10.5. The van der Waals surface area contributed by atoms with Crippen molar-refractivity contribution in [3.8, 4) is 0 Å². The van der Waals surface area contributed by atoms with E-state index in [4.69, 9.17) is 0 Å². The van der Waals surface area contributed by atoms with Crippen LogP contribution in [0.2, 0.25) is 0 Å². The van der Waals surface area contributed by atoms with Crippen LogP contribution in [0.4, 0.5) is 0 Å². The standard InChI is InChI=1S/C12H20N4OS/c1-8-5-3-4-6-10(8)14-11(17)7-18-12-13-9(2)15-16-12/h8,10H,3-7H2,1-2H3,(H,14,17)(H,13,15,16)/t8-,10+/m0/s1. The number of H-pyrrole nitrogens is 1. The number of aromatic amines is 1. The first kappa shape index (κ1) is 13.4. The van der Waals surface area contributed by atoms with Gasteiger partial charge < -0.3 is 5.32 Å². The van der Waals surface area contributed by atoms with Crippen molar-refractivity contribution in [1.29, 1.82) is 0 Å². The van der Waals surface area contributed by atoms with E-state index in [0.717, 1.165) is 12.2 Å². The molecule has 100 valence electrons. The number of rotatable bonds is 4. The number of aromatic nitrogens is 3. The molecule has 1 aromatic heterocycles. The Bertz CT molecular complexity index is 407. The fraction of sp³-hybridized carbons (Fsp3) is 0.750. The van der Waals surface area contributed by atoms with Crippen molar-refractivity contribution in [2.75, 3.05) is 5.75 Å². The minimum atomic E-state index is 0.0844. The number of nitrogens with zero attached hydrogens (tertiary/aromatic N) is 2. The molecule has 0 bridgehead atoms. The highest BCUT2D eigenvalue weighted by Crippen LogP contribution is 2.23. The van der Waals surface area contributed by atoms with Crippen LogP contribution in [0, 0.1) is 12.8 Å². The van der Waals surface area contributed by atoms with Gasteiger partial charge in [0, 0.05) is 6.04 Å². The molecule has 1 saturated carbocycles. The third kappa shape index (κ3) is 3.73. The lowest BCUT2D eigenvalue weighted by atomic mass is 9.86. The van der Waals surface area contributed by atoms with Gasteiger partial charge in [-0.15, -0.1) is 5.10 Å². The predicted octanol–water partition coefficient (Wildman–Crippen LogP) is 1.90. The molecule has 1 fully saturated rings. The lowest BCUT2D eigenvalue weighted by Crippen LogP contribution is -2.41. The summed E-state index contributed by atoms with van der Waals surface area (Å²) < 4.78 is 0. The molecule has 1 amide bonds. The SMILES string of the molecule is Cc1nc(SCC(=O)N[C@@H]2CCCC[C@@H]2C)n[nH]1. The number of carbonyl (C=O) groups is 1. The smallest absolute Gasteiger partial charge is 0.230 e. The molecule has 0 aliphatic heterocycles. The molecule has 5 nitrogen and oxygen atoms in total. The van der Waals surface area contributed by atoms with Gasteiger partial charge in [-0.3, -0.25) is 9.89 Å². The van der Waals surface area contributed by atoms with Crippen molar-refractivity contribution in [2.24, 2.45) is 5.92 Å². The Hall–Kier alpha value is -1.04. The summed E-state index contributed by atoms with van der Waals surface area (Å²) in [5.41, 5.74) is 0. The molecule has 1 aromatic rings. The number of nitrogens with one attached hydrogen (secondary N) is 2. The highest BCUT2D eigenvalue weighted by Gasteiger charge is 2.22. The number of hydrogen-bond acceptors (Lipinski definition) is 4. The van der Waals surface area contributed by atoms with Gasteiger partial charge in [0.25, 0.3) is 0 Å². The van der Waals surface area contributed by atoms with E-state index in [1.807, 2.05) is 6.92 Å². The maximum Gasteiger partial charge on any atom is 0.230 e. The number of amides is 1. The maximum absolute atomic E-state index is 11.8. The molecule has 0 unspecified atom stereocenters. The molecule has 1 aliphatic carbocycles. The normalized spacial score (nSPS) is 23.9. The van der Waals surface area contributed by atoms with Gasteiger partial charge >= 0.3 is 0 Å². The summed E-state index contributed by atoms with van der Waals surface area (Å²) in [5.74, 6) is 1.85. The largest absolute Gasteiger partial charge is 0.352 e. The molecule has 2 N–H and O–H groups in total. The number of aryl methyl sites for hydroxylation is 1. The number of thioether (sulfide) groups is 1. The summed E-state index contributed by atoms with van der Waals surface area (Å²) in [6, 6.07) is 0.348. The molecule has 0 saturated heterocycles. The van der Waals surface area contributed by atoms with Crippen LogP contribution in [0.15, 0.2) is 5.16 Å². The van der Waals surface area contributed by atoms with Crippen molar-refractivity contribution in [3.63, 3.8) is 0 Å². The third-order valence-corrected chi connectivity index (χ3v) is 4.21. The summed E-state index contributed by atoms with van der Waals surface area (Å²) in [7, 11) is 0. The fourth-order valence-electron chi connectivity index (χ4n) is 2.30. The quantitative estimate of drug-likeness (QED) is 0.818. The van der Waals surface area contributed by atoms with Gasteiger partial charge in [0.05, 0.1) is 5.75 Å². The lowest BCUT2D eigenvalue weighted by molar-refractivity contribution is -0.119. The molecular weight excluding hydrogens is 248 g/mol. The van der Waals surface area contributed by atoms with E-state index in [2.05, 4.69) is 27.4 Å². The van der Waals surface area contributed by atoms with Crippen LogP contribution in [0.25, 0.3) is 0 Å². The second kappa shape index (κ2) is 6.22. The van der Waals surface area contributed by atoms with Crippen molar-refractivity contribution in [2.45, 2.75) is 50.7 Å². The van der Waals surface area contributed by atoms with Gasteiger partial charge in [-0.1, -0.05) is 31.5 Å². The molecule has 0 aromatic carbocycles. The molecule has 1 heterocycles. The minimum Gasteiger partial charge on any atom is -0.352 e. The molecular formula is C12H20N4OS. The first-order chi connectivity index (χ1) is 8.65. The fourth-order valence-corrected chi connectivity index (χ4v) is 2.95. The molecule has 0 spiro atoms. The monoisotopic (exact) mass is 268 g/mol. The zero-order valence-electron chi connectivity index (χ0n) is 10.9. The Kier molecular flexibility index (Phi) is 4.63. The average Bonchev–Trinajstić information content (AvgIpc) is 2.76. The van der Waals surface area contributed by atoms with Crippen LogP contribution < -0.4 is 5.32 Å². The average molecular weight is 268 g/mol. The zero-order chi connectivity index (χ0) is 13.0. The van der Waals surface area contributed by atoms with Crippen LogP contribution in [-0.2, 0) is 4.79 Å². The molecule has 18 heavy (non-hydrogen) atoms. The first-order valence-electron chi connectivity index (χ1n) is 6.46. The van der Waals surface area contributed by atoms with E-state index < -0.39 is 0 Å². The van der Waals surface area contributed by atoms with Crippen LogP contribution in [0.3, 0.4) is 0 Å².